The van der Waals surface area contributed by atoms with E-state index in [-0.39, 0.29) is 29.4 Å². The zero-order valence-electron chi connectivity index (χ0n) is 10.6. The Kier molecular flexibility index (Phi) is 4.39. The second-order valence-electron chi connectivity index (χ2n) is 4.57. The summed E-state index contributed by atoms with van der Waals surface area (Å²) in [4.78, 5) is 13.5. The molecule has 2 N–H and O–H groups in total. The number of benzene rings is 1. The first-order valence-corrected chi connectivity index (χ1v) is 6.41. The molecule has 104 valence electrons. The highest BCUT2D eigenvalue weighted by Gasteiger charge is 2.38. The Morgan fingerprint density at radius 2 is 2.32 bits per heavy atom. The van der Waals surface area contributed by atoms with Crippen LogP contribution in [0.3, 0.4) is 0 Å². The van der Waals surface area contributed by atoms with Crippen LogP contribution in [0.25, 0.3) is 0 Å². The largest absolute Gasteiger partial charge is 0.383 e. The maximum Gasteiger partial charge on any atom is 0.224 e. The van der Waals surface area contributed by atoms with Gasteiger partial charge in [0.25, 0.3) is 0 Å². The summed E-state index contributed by atoms with van der Waals surface area (Å²) in [7, 11) is 1.57. The summed E-state index contributed by atoms with van der Waals surface area (Å²) in [6.07, 6.45) is 0.263. The van der Waals surface area contributed by atoms with Crippen molar-refractivity contribution in [2.45, 2.75) is 18.5 Å². The van der Waals surface area contributed by atoms with Crippen LogP contribution in [0.5, 0.6) is 0 Å². The number of amides is 1. The number of hydrogen-bond donors (Lipinski definition) is 1. The molecule has 1 aromatic carbocycles. The zero-order valence-corrected chi connectivity index (χ0v) is 11.4. The van der Waals surface area contributed by atoms with Crippen LogP contribution in [0.4, 0.5) is 4.39 Å². The first-order chi connectivity index (χ1) is 9.04. The van der Waals surface area contributed by atoms with E-state index in [0.29, 0.717) is 18.7 Å². The van der Waals surface area contributed by atoms with Gasteiger partial charge in [-0.3, -0.25) is 4.79 Å². The molecule has 1 aromatic rings. The molecule has 0 radical (unpaired) electrons. The Morgan fingerprint density at radius 3 is 2.95 bits per heavy atom. The van der Waals surface area contributed by atoms with Crippen molar-refractivity contribution in [3.8, 4) is 0 Å². The predicted octanol–water partition coefficient (Wildman–Crippen LogP) is 1.73. The van der Waals surface area contributed by atoms with E-state index >= 15 is 0 Å². The highest BCUT2D eigenvalue weighted by atomic mass is 35.5. The normalized spacial score (nSPS) is 23.2. The number of ether oxygens (including phenoxy) is 1. The molecule has 0 saturated carbocycles. The van der Waals surface area contributed by atoms with E-state index in [0.717, 1.165) is 0 Å². The van der Waals surface area contributed by atoms with Crippen molar-refractivity contribution in [1.82, 2.24) is 4.90 Å². The van der Waals surface area contributed by atoms with Crippen LogP contribution in [0.2, 0.25) is 5.02 Å². The van der Waals surface area contributed by atoms with Crippen molar-refractivity contribution in [3.63, 3.8) is 0 Å². The number of likely N-dealkylation sites (tertiary alicyclic amines) is 1. The van der Waals surface area contributed by atoms with E-state index in [1.807, 2.05) is 0 Å². The summed E-state index contributed by atoms with van der Waals surface area (Å²) >= 11 is 5.67. The molecule has 1 aliphatic heterocycles. The highest BCUT2D eigenvalue weighted by molar-refractivity contribution is 6.30. The van der Waals surface area contributed by atoms with Gasteiger partial charge in [-0.25, -0.2) is 4.39 Å². The molecule has 0 aliphatic carbocycles. The lowest BCUT2D eigenvalue weighted by Crippen LogP contribution is -2.35. The molecule has 0 aromatic heterocycles. The van der Waals surface area contributed by atoms with Crippen molar-refractivity contribution in [3.05, 3.63) is 34.6 Å². The average Bonchev–Trinajstić information content (AvgIpc) is 2.65. The van der Waals surface area contributed by atoms with Crippen molar-refractivity contribution in [2.24, 2.45) is 5.73 Å². The third-order valence-electron chi connectivity index (χ3n) is 3.29. The summed E-state index contributed by atoms with van der Waals surface area (Å²) in [5.41, 5.74) is 6.66. The molecule has 4 nitrogen and oxygen atoms in total. The fourth-order valence-corrected chi connectivity index (χ4v) is 2.51. The third-order valence-corrected chi connectivity index (χ3v) is 3.60. The lowest BCUT2D eigenvalue weighted by molar-refractivity contribution is -0.129. The summed E-state index contributed by atoms with van der Waals surface area (Å²) < 4.78 is 18.5. The number of methoxy groups -OCH3 is 1. The van der Waals surface area contributed by atoms with E-state index in [1.54, 1.807) is 18.1 Å². The second kappa shape index (κ2) is 5.86. The van der Waals surface area contributed by atoms with Crippen molar-refractivity contribution in [2.75, 3.05) is 20.3 Å². The van der Waals surface area contributed by atoms with Gasteiger partial charge in [-0.1, -0.05) is 17.7 Å². The summed E-state index contributed by atoms with van der Waals surface area (Å²) in [5.74, 6) is -0.540. The Balaban J connectivity index is 2.28. The minimum Gasteiger partial charge on any atom is -0.383 e. The smallest absolute Gasteiger partial charge is 0.224 e. The van der Waals surface area contributed by atoms with Crippen molar-refractivity contribution >= 4 is 17.5 Å². The summed E-state index contributed by atoms with van der Waals surface area (Å²) in [5, 5.41) is 0.0603. The predicted molar refractivity (Wildman–Crippen MR) is 70.3 cm³/mol. The quantitative estimate of drug-likeness (QED) is 0.917. The van der Waals surface area contributed by atoms with Crippen LogP contribution in [-0.2, 0) is 9.53 Å². The Morgan fingerprint density at radius 1 is 1.58 bits per heavy atom. The first-order valence-electron chi connectivity index (χ1n) is 6.03. The highest BCUT2D eigenvalue weighted by Crippen LogP contribution is 2.33. The van der Waals surface area contributed by atoms with Crippen LogP contribution in [0.15, 0.2) is 18.2 Å². The van der Waals surface area contributed by atoms with Gasteiger partial charge >= 0.3 is 0 Å². The zero-order chi connectivity index (χ0) is 14.0. The minimum absolute atomic E-state index is 0.0371. The third kappa shape index (κ3) is 2.88. The lowest BCUT2D eigenvalue weighted by atomic mass is 10.0. The molecule has 2 atom stereocenters. The molecule has 1 amide bonds. The van der Waals surface area contributed by atoms with Gasteiger partial charge in [-0.05, 0) is 17.7 Å². The summed E-state index contributed by atoms with van der Waals surface area (Å²) in [6.45, 7) is 0.864. The first kappa shape index (κ1) is 14.2. The van der Waals surface area contributed by atoms with Gasteiger partial charge in [-0.15, -0.1) is 0 Å². The molecule has 6 heteroatoms. The number of nitrogens with zero attached hydrogens (tertiary/aromatic N) is 1. The van der Waals surface area contributed by atoms with Gasteiger partial charge in [-0.2, -0.15) is 0 Å². The van der Waals surface area contributed by atoms with E-state index in [9.17, 15) is 9.18 Å². The molecule has 1 heterocycles. The molecule has 1 fully saturated rings. The van der Waals surface area contributed by atoms with E-state index in [4.69, 9.17) is 22.1 Å². The van der Waals surface area contributed by atoms with Gasteiger partial charge in [0.2, 0.25) is 5.91 Å². The fourth-order valence-electron chi connectivity index (χ4n) is 2.39. The fraction of sp³-hybridized carbons (Fsp3) is 0.462. The molecule has 0 unspecified atom stereocenters. The van der Waals surface area contributed by atoms with E-state index < -0.39 is 5.82 Å². The van der Waals surface area contributed by atoms with Gasteiger partial charge in [0.05, 0.1) is 17.7 Å². The van der Waals surface area contributed by atoms with Crippen molar-refractivity contribution < 1.29 is 13.9 Å². The van der Waals surface area contributed by atoms with Gasteiger partial charge in [0.15, 0.2) is 0 Å². The monoisotopic (exact) mass is 286 g/mol. The second-order valence-corrected chi connectivity index (χ2v) is 4.97. The Bertz CT molecular complexity index is 484. The van der Waals surface area contributed by atoms with Crippen LogP contribution in [0, 0.1) is 5.82 Å². The maximum atomic E-state index is 13.5. The number of rotatable bonds is 4. The number of hydrogen-bond acceptors (Lipinski definition) is 3. The average molecular weight is 287 g/mol. The molecule has 1 saturated heterocycles. The molecule has 1 aliphatic rings. The van der Waals surface area contributed by atoms with Crippen LogP contribution < -0.4 is 5.73 Å². The minimum atomic E-state index is -0.502. The van der Waals surface area contributed by atoms with Gasteiger partial charge in [0, 0.05) is 26.1 Å². The van der Waals surface area contributed by atoms with Crippen molar-refractivity contribution in [1.29, 1.82) is 0 Å². The molecule has 19 heavy (non-hydrogen) atoms. The number of halogens is 2. The van der Waals surface area contributed by atoms with Gasteiger partial charge in [0.1, 0.15) is 5.82 Å². The molecular weight excluding hydrogens is 271 g/mol. The van der Waals surface area contributed by atoms with Gasteiger partial charge < -0.3 is 15.4 Å². The molecule has 2 rings (SSSR count). The molecular formula is C13H16ClFN2O2. The summed E-state index contributed by atoms with van der Waals surface area (Å²) in [6, 6.07) is 3.86. The van der Waals surface area contributed by atoms with Crippen LogP contribution in [-0.4, -0.2) is 37.1 Å². The Hall–Kier alpha value is -1.17. The topological polar surface area (TPSA) is 55.6 Å². The maximum absolute atomic E-state index is 13.5. The van der Waals surface area contributed by atoms with E-state index in [1.165, 1.54) is 12.1 Å². The van der Waals surface area contributed by atoms with E-state index in [2.05, 4.69) is 0 Å². The lowest BCUT2D eigenvalue weighted by Gasteiger charge is -2.27. The molecule has 0 bridgehead atoms. The molecule has 0 spiro atoms. The van der Waals surface area contributed by atoms with Crippen LogP contribution in [0.1, 0.15) is 18.0 Å². The standard InChI is InChI=1S/C13H16ClFN2O2/c1-19-5-4-17-12(18)7-11(16)13(17)8-2-3-9(14)10(15)6-8/h2-3,6,11,13H,4-5,7,16H2,1H3/t11-,13+/m1/s1. The Labute approximate surface area is 116 Å². The van der Waals surface area contributed by atoms with Crippen LogP contribution >= 0.6 is 11.6 Å². The number of nitrogens with two attached hydrogens (primary N) is 1. The number of carbonyl (C=O) groups excluding carboxylic acids is 1. The SMILES string of the molecule is COCCN1C(=O)C[C@@H](N)[C@@H]1c1ccc(Cl)c(F)c1. The number of carbonyl (C=O) groups is 1.